The fourth-order valence-corrected chi connectivity index (χ4v) is 2.74. The van der Waals surface area contributed by atoms with Gasteiger partial charge in [0.25, 0.3) is 0 Å². The molecular weight excluding hydrogens is 348 g/mol. The minimum Gasteiger partial charge on any atom is -0.508 e. The van der Waals surface area contributed by atoms with Gasteiger partial charge in [-0.2, -0.15) is 5.10 Å². The van der Waals surface area contributed by atoms with Crippen molar-refractivity contribution in [2.45, 2.75) is 20.0 Å². The number of aromatic nitrogens is 2. The van der Waals surface area contributed by atoms with Crippen molar-refractivity contribution < 1.29 is 10.2 Å². The third-order valence-electron chi connectivity index (χ3n) is 3.94. The van der Waals surface area contributed by atoms with Crippen molar-refractivity contribution in [1.82, 2.24) is 9.78 Å². The fourth-order valence-electron chi connectivity index (χ4n) is 2.74. The third kappa shape index (κ3) is 4.87. The van der Waals surface area contributed by atoms with Crippen molar-refractivity contribution in [2.75, 3.05) is 0 Å². The standard InChI is InChI=1S/C21H16N2O.C3H8O/c24-19-13-11-18(12-14-19)23-21(17-9-5-2-6-10-17)15-20(22-23)16-7-3-1-4-8-16;1-3(2)4/h1-15,24H;3-4H,1-2H3. The number of rotatable bonds is 3. The average molecular weight is 372 g/mol. The van der Waals surface area contributed by atoms with Crippen molar-refractivity contribution in [2.24, 2.45) is 0 Å². The molecule has 142 valence electrons. The van der Waals surface area contributed by atoms with Gasteiger partial charge in [0, 0.05) is 17.2 Å². The summed E-state index contributed by atoms with van der Waals surface area (Å²) in [5, 5.41) is 22.4. The van der Waals surface area contributed by atoms with Crippen LogP contribution < -0.4 is 0 Å². The van der Waals surface area contributed by atoms with E-state index >= 15 is 0 Å². The first-order valence-electron chi connectivity index (χ1n) is 9.23. The Morgan fingerprint density at radius 1 is 0.750 bits per heavy atom. The van der Waals surface area contributed by atoms with Crippen LogP contribution in [0.2, 0.25) is 0 Å². The summed E-state index contributed by atoms with van der Waals surface area (Å²) in [5.74, 6) is 0.246. The summed E-state index contributed by atoms with van der Waals surface area (Å²) in [7, 11) is 0. The van der Waals surface area contributed by atoms with Gasteiger partial charge in [0.15, 0.2) is 0 Å². The van der Waals surface area contributed by atoms with Crippen molar-refractivity contribution in [3.63, 3.8) is 0 Å². The zero-order chi connectivity index (χ0) is 19.9. The molecule has 0 amide bonds. The molecule has 0 atom stereocenters. The SMILES string of the molecule is CC(C)O.Oc1ccc(-n2nc(-c3ccccc3)cc2-c2ccccc2)cc1. The molecule has 4 heteroatoms. The highest BCUT2D eigenvalue weighted by atomic mass is 16.3. The van der Waals surface area contributed by atoms with Crippen LogP contribution >= 0.6 is 0 Å². The van der Waals surface area contributed by atoms with Gasteiger partial charge in [-0.3, -0.25) is 0 Å². The Hall–Kier alpha value is -3.37. The summed E-state index contributed by atoms with van der Waals surface area (Å²) in [5.41, 5.74) is 5.02. The number of aliphatic hydroxyl groups is 1. The average Bonchev–Trinajstić information content (AvgIpc) is 3.15. The van der Waals surface area contributed by atoms with E-state index in [-0.39, 0.29) is 11.9 Å². The summed E-state index contributed by atoms with van der Waals surface area (Å²) in [6, 6.07) is 29.5. The third-order valence-corrected chi connectivity index (χ3v) is 3.94. The number of benzene rings is 3. The second kappa shape index (κ2) is 9.02. The van der Waals surface area contributed by atoms with Gasteiger partial charge in [0.1, 0.15) is 5.75 Å². The normalized spacial score (nSPS) is 10.4. The Morgan fingerprint density at radius 3 is 1.79 bits per heavy atom. The van der Waals surface area contributed by atoms with Crippen molar-refractivity contribution in [3.8, 4) is 34.0 Å². The smallest absolute Gasteiger partial charge is 0.115 e. The van der Waals surface area contributed by atoms with Gasteiger partial charge < -0.3 is 10.2 Å². The fraction of sp³-hybridized carbons (Fsp3) is 0.125. The molecule has 3 aromatic carbocycles. The predicted octanol–water partition coefficient (Wildman–Crippen LogP) is 5.30. The van der Waals surface area contributed by atoms with Crippen LogP contribution in [0.15, 0.2) is 91.0 Å². The zero-order valence-electron chi connectivity index (χ0n) is 16.0. The first-order chi connectivity index (χ1) is 13.5. The van der Waals surface area contributed by atoms with E-state index in [4.69, 9.17) is 10.2 Å². The van der Waals surface area contributed by atoms with Gasteiger partial charge in [-0.15, -0.1) is 0 Å². The molecule has 0 bridgehead atoms. The predicted molar refractivity (Wildman–Crippen MR) is 113 cm³/mol. The Morgan fingerprint density at radius 2 is 1.25 bits per heavy atom. The van der Waals surface area contributed by atoms with Crippen LogP contribution in [0.1, 0.15) is 13.8 Å². The molecule has 0 radical (unpaired) electrons. The van der Waals surface area contributed by atoms with E-state index < -0.39 is 0 Å². The maximum absolute atomic E-state index is 9.54. The molecule has 4 rings (SSSR count). The molecular formula is C24H24N2O2. The summed E-state index contributed by atoms with van der Waals surface area (Å²) >= 11 is 0. The van der Waals surface area contributed by atoms with E-state index in [1.165, 1.54) is 0 Å². The van der Waals surface area contributed by atoms with E-state index in [1.807, 2.05) is 53.2 Å². The maximum Gasteiger partial charge on any atom is 0.115 e. The zero-order valence-corrected chi connectivity index (χ0v) is 16.0. The highest BCUT2D eigenvalue weighted by Gasteiger charge is 2.12. The molecule has 28 heavy (non-hydrogen) atoms. The highest BCUT2D eigenvalue weighted by molar-refractivity contribution is 5.70. The lowest BCUT2D eigenvalue weighted by Crippen LogP contribution is -1.98. The molecule has 0 fully saturated rings. The number of aromatic hydroxyl groups is 1. The second-order valence-corrected chi connectivity index (χ2v) is 6.67. The Bertz CT molecular complexity index is 989. The van der Waals surface area contributed by atoms with E-state index in [9.17, 15) is 5.11 Å². The van der Waals surface area contributed by atoms with Crippen LogP contribution in [-0.2, 0) is 0 Å². The van der Waals surface area contributed by atoms with Gasteiger partial charge in [-0.25, -0.2) is 4.68 Å². The molecule has 0 aliphatic carbocycles. The Kier molecular flexibility index (Phi) is 6.25. The van der Waals surface area contributed by atoms with E-state index in [0.29, 0.717) is 0 Å². The van der Waals surface area contributed by atoms with Crippen molar-refractivity contribution in [3.05, 3.63) is 91.0 Å². The molecule has 1 aromatic heterocycles. The van der Waals surface area contributed by atoms with Crippen LogP contribution in [0.4, 0.5) is 0 Å². The minimum absolute atomic E-state index is 0.167. The van der Waals surface area contributed by atoms with E-state index in [1.54, 1.807) is 26.0 Å². The molecule has 0 saturated heterocycles. The number of hydrogen-bond donors (Lipinski definition) is 2. The van der Waals surface area contributed by atoms with Gasteiger partial charge in [0.2, 0.25) is 0 Å². The molecule has 0 saturated carbocycles. The van der Waals surface area contributed by atoms with Gasteiger partial charge in [0.05, 0.1) is 17.1 Å². The molecule has 4 aromatic rings. The first kappa shape index (κ1) is 19.4. The number of nitrogens with zero attached hydrogens (tertiary/aromatic N) is 2. The number of phenolic OH excluding ortho intramolecular Hbond substituents is 1. The lowest BCUT2D eigenvalue weighted by Gasteiger charge is -2.07. The molecule has 0 aliphatic rings. The summed E-state index contributed by atoms with van der Waals surface area (Å²) < 4.78 is 1.91. The molecule has 0 aliphatic heterocycles. The van der Waals surface area contributed by atoms with Crippen LogP contribution in [0.5, 0.6) is 5.75 Å². The van der Waals surface area contributed by atoms with E-state index in [2.05, 4.69) is 30.3 Å². The second-order valence-electron chi connectivity index (χ2n) is 6.67. The summed E-state index contributed by atoms with van der Waals surface area (Å²) in [6.45, 7) is 3.44. The summed E-state index contributed by atoms with van der Waals surface area (Å²) in [4.78, 5) is 0. The Balaban J connectivity index is 0.000000516. The van der Waals surface area contributed by atoms with E-state index in [0.717, 1.165) is 28.2 Å². The topological polar surface area (TPSA) is 58.3 Å². The summed E-state index contributed by atoms with van der Waals surface area (Å²) in [6.07, 6.45) is -0.167. The van der Waals surface area contributed by atoms with Gasteiger partial charge in [-0.1, -0.05) is 60.7 Å². The largest absolute Gasteiger partial charge is 0.508 e. The van der Waals surface area contributed by atoms with Crippen LogP contribution in [-0.4, -0.2) is 26.1 Å². The molecule has 1 heterocycles. The maximum atomic E-state index is 9.54. The van der Waals surface area contributed by atoms with Crippen LogP contribution in [0, 0.1) is 0 Å². The number of aliphatic hydroxyl groups excluding tert-OH is 1. The van der Waals surface area contributed by atoms with Crippen LogP contribution in [0.25, 0.3) is 28.2 Å². The number of phenols is 1. The molecule has 0 spiro atoms. The number of hydrogen-bond acceptors (Lipinski definition) is 3. The van der Waals surface area contributed by atoms with Gasteiger partial charge >= 0.3 is 0 Å². The van der Waals surface area contributed by atoms with Crippen LogP contribution in [0.3, 0.4) is 0 Å². The van der Waals surface area contributed by atoms with Crippen molar-refractivity contribution in [1.29, 1.82) is 0 Å². The highest BCUT2D eigenvalue weighted by Crippen LogP contribution is 2.29. The molecule has 4 nitrogen and oxygen atoms in total. The van der Waals surface area contributed by atoms with Crippen molar-refractivity contribution >= 4 is 0 Å². The monoisotopic (exact) mass is 372 g/mol. The Labute approximate surface area is 165 Å². The molecule has 2 N–H and O–H groups in total. The molecule has 0 unspecified atom stereocenters. The first-order valence-corrected chi connectivity index (χ1v) is 9.23. The quantitative estimate of drug-likeness (QED) is 0.513. The lowest BCUT2D eigenvalue weighted by molar-refractivity contribution is 0.216. The lowest BCUT2D eigenvalue weighted by atomic mass is 10.1. The van der Waals surface area contributed by atoms with Gasteiger partial charge in [-0.05, 0) is 44.2 Å². The minimum atomic E-state index is -0.167.